The first-order valence-electron chi connectivity index (χ1n) is 4.91. The van der Waals surface area contributed by atoms with Crippen LogP contribution in [0, 0.1) is 0 Å². The summed E-state index contributed by atoms with van der Waals surface area (Å²) in [6.45, 7) is 0. The predicted octanol–water partition coefficient (Wildman–Crippen LogP) is 4.45. The maximum Gasteiger partial charge on any atom is 0.256 e. The second-order valence-electron chi connectivity index (χ2n) is 3.46. The fourth-order valence-corrected chi connectivity index (χ4v) is 2.60. The summed E-state index contributed by atoms with van der Waals surface area (Å²) in [5.74, 6) is -0.167. The Labute approximate surface area is 132 Å². The molecular formula is C11H5BrCl3N3O. The molecule has 4 nitrogen and oxygen atoms in total. The van der Waals surface area contributed by atoms with Crippen LogP contribution in [0.25, 0.3) is 0 Å². The summed E-state index contributed by atoms with van der Waals surface area (Å²) in [4.78, 5) is 19.5. The van der Waals surface area contributed by atoms with Crippen LogP contribution in [0.2, 0.25) is 15.5 Å². The van der Waals surface area contributed by atoms with Crippen LogP contribution in [-0.4, -0.2) is 15.9 Å². The number of carbonyl (C=O) groups is 1. The molecule has 0 saturated heterocycles. The maximum absolute atomic E-state index is 12.0. The van der Waals surface area contributed by atoms with E-state index in [9.17, 15) is 4.79 Å². The van der Waals surface area contributed by atoms with Gasteiger partial charge in [-0.2, -0.15) is 0 Å². The third kappa shape index (κ3) is 4.04. The number of hydrogen-bond acceptors (Lipinski definition) is 3. The molecule has 0 aliphatic heterocycles. The molecule has 1 heterocycles. The van der Waals surface area contributed by atoms with Crippen molar-refractivity contribution in [2.75, 3.05) is 5.32 Å². The van der Waals surface area contributed by atoms with Crippen LogP contribution in [0.1, 0.15) is 10.4 Å². The van der Waals surface area contributed by atoms with E-state index in [-0.39, 0.29) is 22.2 Å². The zero-order valence-corrected chi connectivity index (χ0v) is 13.0. The Balaban J connectivity index is 2.25. The summed E-state index contributed by atoms with van der Waals surface area (Å²) in [6, 6.07) is 6.24. The first kappa shape index (κ1) is 14.5. The van der Waals surface area contributed by atoms with Gasteiger partial charge >= 0.3 is 0 Å². The van der Waals surface area contributed by atoms with Gasteiger partial charge in [0.25, 0.3) is 5.91 Å². The van der Waals surface area contributed by atoms with Crippen molar-refractivity contribution >= 4 is 62.5 Å². The number of hydrogen-bond donors (Lipinski definition) is 1. The number of benzene rings is 1. The van der Waals surface area contributed by atoms with Gasteiger partial charge in [-0.15, -0.1) is 0 Å². The summed E-state index contributed by atoms with van der Waals surface area (Å²) in [5.41, 5.74) is 0.380. The molecule has 0 aliphatic rings. The lowest BCUT2D eigenvalue weighted by Crippen LogP contribution is -2.13. The molecule has 8 heteroatoms. The number of carbonyl (C=O) groups excluding carboxylic acids is 1. The highest BCUT2D eigenvalue weighted by atomic mass is 79.9. The van der Waals surface area contributed by atoms with E-state index in [0.29, 0.717) is 15.1 Å². The summed E-state index contributed by atoms with van der Waals surface area (Å²) < 4.78 is 0.698. The molecule has 1 aromatic carbocycles. The molecule has 0 unspecified atom stereocenters. The van der Waals surface area contributed by atoms with Crippen LogP contribution in [-0.2, 0) is 0 Å². The zero-order valence-electron chi connectivity index (χ0n) is 9.12. The van der Waals surface area contributed by atoms with Gasteiger partial charge in [-0.25, -0.2) is 9.97 Å². The minimum atomic E-state index is -0.381. The van der Waals surface area contributed by atoms with Gasteiger partial charge in [0.2, 0.25) is 5.28 Å². The van der Waals surface area contributed by atoms with E-state index in [0.717, 1.165) is 0 Å². The van der Waals surface area contributed by atoms with Gasteiger partial charge in [0, 0.05) is 21.1 Å². The van der Waals surface area contributed by atoms with Gasteiger partial charge in [-0.05, 0) is 29.8 Å². The summed E-state index contributed by atoms with van der Waals surface area (Å²) in [6.07, 6.45) is 0. The van der Waals surface area contributed by atoms with Crippen molar-refractivity contribution < 1.29 is 4.79 Å². The van der Waals surface area contributed by atoms with E-state index in [2.05, 4.69) is 31.2 Å². The lowest BCUT2D eigenvalue weighted by molar-refractivity contribution is 0.102. The average Bonchev–Trinajstić information content (AvgIpc) is 2.25. The molecule has 2 rings (SSSR count). The van der Waals surface area contributed by atoms with Gasteiger partial charge in [-0.3, -0.25) is 4.79 Å². The van der Waals surface area contributed by atoms with E-state index in [1.807, 2.05) is 0 Å². The molecule has 2 aromatic rings. The fourth-order valence-electron chi connectivity index (χ4n) is 1.33. The van der Waals surface area contributed by atoms with Crippen molar-refractivity contribution in [2.24, 2.45) is 0 Å². The topological polar surface area (TPSA) is 54.9 Å². The minimum Gasteiger partial charge on any atom is -0.306 e. The third-order valence-corrected chi connectivity index (χ3v) is 3.07. The number of anilines is 1. The third-order valence-electron chi connectivity index (χ3n) is 2.03. The molecule has 0 bridgehead atoms. The quantitative estimate of drug-likeness (QED) is 0.618. The van der Waals surface area contributed by atoms with E-state index in [4.69, 9.17) is 34.8 Å². The van der Waals surface area contributed by atoms with Crippen LogP contribution in [0.15, 0.2) is 28.7 Å². The average molecular weight is 381 g/mol. The molecular weight excluding hydrogens is 376 g/mol. The van der Waals surface area contributed by atoms with Crippen molar-refractivity contribution in [1.29, 1.82) is 0 Å². The molecule has 0 radical (unpaired) electrons. The largest absolute Gasteiger partial charge is 0.306 e. The SMILES string of the molecule is O=C(Nc1cc(Cl)nc(Cl)n1)c1cc(Cl)cc(Br)c1. The molecule has 1 aromatic heterocycles. The standard InChI is InChI=1S/C11H5BrCl3N3O/c12-6-1-5(2-7(13)3-6)10(19)17-9-4-8(14)16-11(15)18-9/h1-4H,(H,16,17,18,19). The Bertz CT molecular complexity index is 611. The normalized spacial score (nSPS) is 10.3. The number of rotatable bonds is 2. The number of nitrogens with zero attached hydrogens (tertiary/aromatic N) is 2. The van der Waals surface area contributed by atoms with Crippen molar-refractivity contribution in [1.82, 2.24) is 9.97 Å². The molecule has 98 valence electrons. The second-order valence-corrected chi connectivity index (χ2v) is 5.53. The Hall–Kier alpha value is -0.880. The van der Waals surface area contributed by atoms with Crippen LogP contribution in [0.4, 0.5) is 5.82 Å². The first-order valence-corrected chi connectivity index (χ1v) is 6.84. The summed E-state index contributed by atoms with van der Waals surface area (Å²) in [5, 5.41) is 3.09. The Kier molecular flexibility index (Phi) is 4.62. The van der Waals surface area contributed by atoms with Crippen molar-refractivity contribution in [3.63, 3.8) is 0 Å². The Morgan fingerprint density at radius 2 is 1.84 bits per heavy atom. The van der Waals surface area contributed by atoms with Crippen molar-refractivity contribution in [3.05, 3.63) is 49.8 Å². The number of nitrogens with one attached hydrogen (secondary N) is 1. The lowest BCUT2D eigenvalue weighted by Gasteiger charge is -2.06. The van der Waals surface area contributed by atoms with Gasteiger partial charge in [0.15, 0.2) is 0 Å². The number of amides is 1. The van der Waals surface area contributed by atoms with E-state index in [1.54, 1.807) is 12.1 Å². The fraction of sp³-hybridized carbons (Fsp3) is 0. The highest BCUT2D eigenvalue weighted by molar-refractivity contribution is 9.10. The molecule has 0 saturated carbocycles. The van der Waals surface area contributed by atoms with E-state index >= 15 is 0 Å². The molecule has 0 spiro atoms. The number of halogens is 4. The van der Waals surface area contributed by atoms with Crippen LogP contribution in [0.5, 0.6) is 0 Å². The summed E-state index contributed by atoms with van der Waals surface area (Å²) >= 11 is 20.5. The van der Waals surface area contributed by atoms with Crippen molar-refractivity contribution in [2.45, 2.75) is 0 Å². The van der Waals surface area contributed by atoms with Gasteiger partial charge < -0.3 is 5.32 Å². The molecule has 1 N–H and O–H groups in total. The smallest absolute Gasteiger partial charge is 0.256 e. The van der Waals surface area contributed by atoms with Crippen molar-refractivity contribution in [3.8, 4) is 0 Å². The van der Waals surface area contributed by atoms with E-state index in [1.165, 1.54) is 12.1 Å². The molecule has 1 amide bonds. The van der Waals surface area contributed by atoms with Crippen LogP contribution in [0.3, 0.4) is 0 Å². The minimum absolute atomic E-state index is 0.0462. The van der Waals surface area contributed by atoms with Crippen LogP contribution < -0.4 is 5.32 Å². The second kappa shape index (κ2) is 6.05. The predicted molar refractivity (Wildman–Crippen MR) is 79.2 cm³/mol. The summed E-state index contributed by atoms with van der Waals surface area (Å²) in [7, 11) is 0. The Morgan fingerprint density at radius 3 is 2.47 bits per heavy atom. The Morgan fingerprint density at radius 1 is 1.11 bits per heavy atom. The number of aromatic nitrogens is 2. The monoisotopic (exact) mass is 379 g/mol. The highest BCUT2D eigenvalue weighted by Gasteiger charge is 2.10. The highest BCUT2D eigenvalue weighted by Crippen LogP contribution is 2.21. The van der Waals surface area contributed by atoms with E-state index < -0.39 is 0 Å². The zero-order chi connectivity index (χ0) is 14.0. The molecule has 0 atom stereocenters. The van der Waals surface area contributed by atoms with Gasteiger partial charge in [0.05, 0.1) is 0 Å². The first-order chi connectivity index (χ1) is 8.94. The van der Waals surface area contributed by atoms with Gasteiger partial charge in [-0.1, -0.05) is 39.1 Å². The van der Waals surface area contributed by atoms with Crippen LogP contribution >= 0.6 is 50.7 Å². The lowest BCUT2D eigenvalue weighted by atomic mass is 10.2. The molecule has 19 heavy (non-hydrogen) atoms. The molecule has 0 fully saturated rings. The molecule has 0 aliphatic carbocycles. The van der Waals surface area contributed by atoms with Gasteiger partial charge in [0.1, 0.15) is 11.0 Å². The maximum atomic E-state index is 12.0.